The van der Waals surface area contributed by atoms with Gasteiger partial charge in [0.1, 0.15) is 5.75 Å². The van der Waals surface area contributed by atoms with Crippen LogP contribution in [0.4, 0.5) is 0 Å². The molecule has 0 bridgehead atoms. The standard InChI is InChI=1S/C22H35N5O2/c1-4-23-22(24-10-9-18-6-5-17(2)20(15-18)29-3)27-13-11-26(12-14-27)16-21(28)25-19-7-8-19/h5-6,15,19H,4,7-14,16H2,1-3H3,(H,23,24)(H,25,28). The van der Waals surface area contributed by atoms with Crippen molar-refractivity contribution in [1.29, 1.82) is 0 Å². The van der Waals surface area contributed by atoms with Crippen LogP contribution in [0.2, 0.25) is 0 Å². The Balaban J connectivity index is 1.48. The summed E-state index contributed by atoms with van der Waals surface area (Å²) in [6.45, 7) is 9.79. The number of hydrogen-bond acceptors (Lipinski definition) is 4. The number of hydrogen-bond donors (Lipinski definition) is 2. The van der Waals surface area contributed by atoms with Gasteiger partial charge in [-0.1, -0.05) is 12.1 Å². The topological polar surface area (TPSA) is 69.2 Å². The van der Waals surface area contributed by atoms with E-state index in [1.807, 2.05) is 0 Å². The summed E-state index contributed by atoms with van der Waals surface area (Å²) < 4.78 is 5.42. The molecule has 0 atom stereocenters. The number of nitrogens with zero attached hydrogens (tertiary/aromatic N) is 3. The minimum Gasteiger partial charge on any atom is -0.496 e. The summed E-state index contributed by atoms with van der Waals surface area (Å²) in [6, 6.07) is 6.78. The largest absolute Gasteiger partial charge is 0.496 e. The van der Waals surface area contributed by atoms with Crippen LogP contribution in [0.3, 0.4) is 0 Å². The molecule has 0 spiro atoms. The summed E-state index contributed by atoms with van der Waals surface area (Å²) in [4.78, 5) is 21.4. The first-order valence-corrected chi connectivity index (χ1v) is 10.8. The molecule has 0 radical (unpaired) electrons. The maximum atomic E-state index is 12.0. The molecular formula is C22H35N5O2. The molecule has 2 fully saturated rings. The van der Waals surface area contributed by atoms with Crippen molar-refractivity contribution < 1.29 is 9.53 Å². The molecule has 1 saturated heterocycles. The van der Waals surface area contributed by atoms with E-state index in [4.69, 9.17) is 9.73 Å². The van der Waals surface area contributed by atoms with Crippen LogP contribution in [0.5, 0.6) is 5.75 Å². The number of guanidine groups is 1. The van der Waals surface area contributed by atoms with Gasteiger partial charge in [0.25, 0.3) is 0 Å². The van der Waals surface area contributed by atoms with Crippen LogP contribution in [-0.2, 0) is 11.2 Å². The number of aryl methyl sites for hydroxylation is 1. The van der Waals surface area contributed by atoms with Gasteiger partial charge in [-0.15, -0.1) is 0 Å². The van der Waals surface area contributed by atoms with Crippen LogP contribution in [0, 0.1) is 6.92 Å². The van der Waals surface area contributed by atoms with E-state index < -0.39 is 0 Å². The van der Waals surface area contributed by atoms with Crippen molar-refractivity contribution in [3.63, 3.8) is 0 Å². The Morgan fingerprint density at radius 3 is 2.66 bits per heavy atom. The molecule has 29 heavy (non-hydrogen) atoms. The number of ether oxygens (including phenoxy) is 1. The number of carbonyl (C=O) groups excluding carboxylic acids is 1. The smallest absolute Gasteiger partial charge is 0.234 e. The van der Waals surface area contributed by atoms with Gasteiger partial charge in [0, 0.05) is 45.3 Å². The highest BCUT2D eigenvalue weighted by molar-refractivity contribution is 5.80. The lowest BCUT2D eigenvalue weighted by Crippen LogP contribution is -2.54. The number of carbonyl (C=O) groups is 1. The fraction of sp³-hybridized carbons (Fsp3) is 0.636. The monoisotopic (exact) mass is 401 g/mol. The zero-order chi connectivity index (χ0) is 20.6. The quantitative estimate of drug-likeness (QED) is 0.509. The molecule has 7 heteroatoms. The molecule has 0 unspecified atom stereocenters. The molecule has 160 valence electrons. The molecule has 0 aromatic heterocycles. The highest BCUT2D eigenvalue weighted by Gasteiger charge is 2.25. The summed E-state index contributed by atoms with van der Waals surface area (Å²) >= 11 is 0. The van der Waals surface area contributed by atoms with Gasteiger partial charge in [0.05, 0.1) is 13.7 Å². The van der Waals surface area contributed by atoms with Crippen LogP contribution < -0.4 is 15.4 Å². The normalized spacial score (nSPS) is 17.9. The van der Waals surface area contributed by atoms with Gasteiger partial charge in [-0.3, -0.25) is 14.7 Å². The fourth-order valence-electron chi connectivity index (χ4n) is 3.56. The third-order valence-electron chi connectivity index (χ3n) is 5.45. The summed E-state index contributed by atoms with van der Waals surface area (Å²) in [5, 5.41) is 6.48. The predicted molar refractivity (Wildman–Crippen MR) is 117 cm³/mol. The number of aliphatic imine (C=N–C) groups is 1. The average Bonchev–Trinajstić information content (AvgIpc) is 3.53. The zero-order valence-electron chi connectivity index (χ0n) is 18.0. The summed E-state index contributed by atoms with van der Waals surface area (Å²) in [6.07, 6.45) is 3.15. The van der Waals surface area contributed by atoms with E-state index in [-0.39, 0.29) is 5.91 Å². The van der Waals surface area contributed by atoms with Crippen molar-refractivity contribution in [2.24, 2.45) is 4.99 Å². The second-order valence-electron chi connectivity index (χ2n) is 7.89. The summed E-state index contributed by atoms with van der Waals surface area (Å²) in [5.74, 6) is 2.06. The van der Waals surface area contributed by atoms with E-state index in [9.17, 15) is 4.79 Å². The number of nitrogens with one attached hydrogen (secondary N) is 2. The van der Waals surface area contributed by atoms with Crippen molar-refractivity contribution in [3.05, 3.63) is 29.3 Å². The summed E-state index contributed by atoms with van der Waals surface area (Å²) in [7, 11) is 1.71. The van der Waals surface area contributed by atoms with Gasteiger partial charge in [-0.05, 0) is 50.3 Å². The van der Waals surface area contributed by atoms with E-state index in [2.05, 4.69) is 52.5 Å². The Bertz CT molecular complexity index is 709. The van der Waals surface area contributed by atoms with Crippen molar-refractivity contribution in [3.8, 4) is 5.75 Å². The lowest BCUT2D eigenvalue weighted by molar-refractivity contribution is -0.122. The first kappa shape index (κ1) is 21.4. The molecule has 1 aromatic rings. The maximum absolute atomic E-state index is 12.0. The second kappa shape index (κ2) is 10.5. The first-order valence-electron chi connectivity index (χ1n) is 10.8. The SMILES string of the molecule is CCNC(=NCCc1ccc(C)c(OC)c1)N1CCN(CC(=O)NC2CC2)CC1. The summed E-state index contributed by atoms with van der Waals surface area (Å²) in [5.41, 5.74) is 2.38. The third kappa shape index (κ3) is 6.63. The lowest BCUT2D eigenvalue weighted by Gasteiger charge is -2.36. The van der Waals surface area contributed by atoms with Crippen LogP contribution in [-0.4, -0.2) is 80.6 Å². The minimum atomic E-state index is 0.162. The van der Waals surface area contributed by atoms with Crippen molar-refractivity contribution in [2.75, 3.05) is 52.9 Å². The highest BCUT2D eigenvalue weighted by Crippen LogP contribution is 2.19. The predicted octanol–water partition coefficient (Wildman–Crippen LogP) is 1.41. The maximum Gasteiger partial charge on any atom is 0.234 e. The molecule has 7 nitrogen and oxygen atoms in total. The van der Waals surface area contributed by atoms with Crippen molar-refractivity contribution in [2.45, 2.75) is 39.2 Å². The molecule has 1 amide bonds. The Morgan fingerprint density at radius 2 is 2.00 bits per heavy atom. The highest BCUT2D eigenvalue weighted by atomic mass is 16.5. The van der Waals surface area contributed by atoms with Crippen LogP contribution >= 0.6 is 0 Å². The van der Waals surface area contributed by atoms with Crippen LogP contribution in [0.25, 0.3) is 0 Å². The van der Waals surface area contributed by atoms with Crippen molar-refractivity contribution >= 4 is 11.9 Å². The number of methoxy groups -OCH3 is 1. The van der Waals surface area contributed by atoms with Crippen LogP contribution in [0.1, 0.15) is 30.9 Å². The molecule has 1 saturated carbocycles. The van der Waals surface area contributed by atoms with Gasteiger partial charge in [0.15, 0.2) is 5.96 Å². The third-order valence-corrected chi connectivity index (χ3v) is 5.45. The van der Waals surface area contributed by atoms with Gasteiger partial charge >= 0.3 is 0 Å². The van der Waals surface area contributed by atoms with Crippen molar-refractivity contribution in [1.82, 2.24) is 20.4 Å². The zero-order valence-corrected chi connectivity index (χ0v) is 18.0. The second-order valence-corrected chi connectivity index (χ2v) is 7.89. The number of rotatable bonds is 8. The Hall–Kier alpha value is -2.28. The fourth-order valence-corrected chi connectivity index (χ4v) is 3.56. The Morgan fingerprint density at radius 1 is 1.24 bits per heavy atom. The van der Waals surface area contributed by atoms with Gasteiger partial charge in [0.2, 0.25) is 5.91 Å². The van der Waals surface area contributed by atoms with Gasteiger partial charge < -0.3 is 20.3 Å². The van der Waals surface area contributed by atoms with E-state index in [0.717, 1.165) is 75.8 Å². The molecule has 1 aliphatic heterocycles. The number of benzene rings is 1. The Labute approximate surface area is 174 Å². The minimum absolute atomic E-state index is 0.162. The molecule has 1 aromatic carbocycles. The van der Waals surface area contributed by atoms with Crippen LogP contribution in [0.15, 0.2) is 23.2 Å². The van der Waals surface area contributed by atoms with E-state index in [1.165, 1.54) is 5.56 Å². The molecular weight excluding hydrogens is 366 g/mol. The number of piperazine rings is 1. The van der Waals surface area contributed by atoms with Gasteiger partial charge in [-0.25, -0.2) is 0 Å². The molecule has 2 aliphatic rings. The number of amides is 1. The Kier molecular flexibility index (Phi) is 7.75. The van der Waals surface area contributed by atoms with E-state index >= 15 is 0 Å². The average molecular weight is 402 g/mol. The molecule has 1 aliphatic carbocycles. The van der Waals surface area contributed by atoms with E-state index in [0.29, 0.717) is 12.6 Å². The molecule has 1 heterocycles. The van der Waals surface area contributed by atoms with Gasteiger partial charge in [-0.2, -0.15) is 0 Å². The molecule has 2 N–H and O–H groups in total. The molecule has 3 rings (SSSR count). The lowest BCUT2D eigenvalue weighted by atomic mass is 10.1. The van der Waals surface area contributed by atoms with E-state index in [1.54, 1.807) is 7.11 Å². The first-order chi connectivity index (χ1) is 14.1.